The van der Waals surface area contributed by atoms with Crippen molar-refractivity contribution >= 4 is 22.5 Å². The molecule has 4 nitrogen and oxygen atoms in total. The number of nitrogens with zero attached hydrogens (tertiary/aromatic N) is 2. The van der Waals surface area contributed by atoms with Crippen LogP contribution in [0.15, 0.2) is 23.0 Å². The highest BCUT2D eigenvalue weighted by atomic mass is 35.5. The van der Waals surface area contributed by atoms with E-state index in [1.54, 1.807) is 22.8 Å². The lowest BCUT2D eigenvalue weighted by Crippen LogP contribution is -2.85. The molecule has 5 heteroatoms. The number of rotatable bonds is 5. The number of quaternary nitrogens is 1. The highest BCUT2D eigenvalue weighted by molar-refractivity contribution is 6.31. The van der Waals surface area contributed by atoms with Gasteiger partial charge in [0.1, 0.15) is 6.04 Å². The van der Waals surface area contributed by atoms with Crippen molar-refractivity contribution in [3.63, 3.8) is 0 Å². The Hall–Kier alpha value is -1.39. The van der Waals surface area contributed by atoms with Crippen molar-refractivity contribution in [2.75, 3.05) is 6.54 Å². The predicted molar refractivity (Wildman–Crippen MR) is 82.2 cm³/mol. The zero-order chi connectivity index (χ0) is 14.7. The van der Waals surface area contributed by atoms with Crippen LogP contribution in [0, 0.1) is 0 Å². The van der Waals surface area contributed by atoms with E-state index in [1.807, 2.05) is 6.92 Å². The first-order valence-electron chi connectivity index (χ1n) is 7.11. The van der Waals surface area contributed by atoms with Crippen molar-refractivity contribution in [2.24, 2.45) is 0 Å². The van der Waals surface area contributed by atoms with Crippen molar-refractivity contribution in [2.45, 2.75) is 39.8 Å². The van der Waals surface area contributed by atoms with Crippen LogP contribution in [0.25, 0.3) is 10.9 Å². The van der Waals surface area contributed by atoms with Crippen LogP contribution in [0.1, 0.15) is 39.1 Å². The average molecular weight is 295 g/mol. The summed E-state index contributed by atoms with van der Waals surface area (Å²) in [5.41, 5.74) is 0.694. The Labute approximate surface area is 123 Å². The van der Waals surface area contributed by atoms with Gasteiger partial charge in [0.05, 0.1) is 17.4 Å². The van der Waals surface area contributed by atoms with Gasteiger partial charge in [0, 0.05) is 11.6 Å². The van der Waals surface area contributed by atoms with Crippen LogP contribution < -0.4 is 10.9 Å². The van der Waals surface area contributed by atoms with E-state index in [4.69, 9.17) is 11.6 Å². The van der Waals surface area contributed by atoms with Gasteiger partial charge in [-0.05, 0) is 38.5 Å². The summed E-state index contributed by atoms with van der Waals surface area (Å²) >= 11 is 6.00. The second kappa shape index (κ2) is 6.37. The van der Waals surface area contributed by atoms with Gasteiger partial charge in [-0.1, -0.05) is 18.5 Å². The van der Waals surface area contributed by atoms with Crippen molar-refractivity contribution in [1.29, 1.82) is 0 Å². The molecule has 0 aliphatic carbocycles. The standard InChI is InChI=1S/C15H20ClN3O/c1-4-8-17-10(3)14-18-13-9-11(16)6-7-12(13)15(20)19(14)5-2/h6-7,9-10,17H,4-5,8H2,1-3H3/p+1/t10-/m1/s1. The fraction of sp³-hybridized carbons (Fsp3) is 0.467. The fourth-order valence-corrected chi connectivity index (χ4v) is 2.55. The molecule has 0 fully saturated rings. The number of nitrogens with two attached hydrogens (primary N) is 1. The summed E-state index contributed by atoms with van der Waals surface area (Å²) in [5.74, 6) is 0.820. The van der Waals surface area contributed by atoms with Crippen LogP contribution in [0.2, 0.25) is 5.02 Å². The molecule has 0 bridgehead atoms. The molecule has 0 unspecified atom stereocenters. The maximum absolute atomic E-state index is 12.5. The summed E-state index contributed by atoms with van der Waals surface area (Å²) in [4.78, 5) is 17.2. The van der Waals surface area contributed by atoms with Gasteiger partial charge in [-0.25, -0.2) is 4.98 Å². The van der Waals surface area contributed by atoms with E-state index in [-0.39, 0.29) is 11.6 Å². The Kier molecular flexibility index (Phi) is 4.78. The number of benzene rings is 1. The third kappa shape index (κ3) is 2.86. The predicted octanol–water partition coefficient (Wildman–Crippen LogP) is 2.10. The normalized spacial score (nSPS) is 12.8. The highest BCUT2D eigenvalue weighted by Gasteiger charge is 2.17. The fourth-order valence-electron chi connectivity index (χ4n) is 2.39. The molecule has 1 aromatic heterocycles. The smallest absolute Gasteiger partial charge is 0.261 e. The molecule has 0 aliphatic rings. The largest absolute Gasteiger partial charge is 0.338 e. The summed E-state index contributed by atoms with van der Waals surface area (Å²) in [6, 6.07) is 5.41. The number of hydrogen-bond donors (Lipinski definition) is 1. The van der Waals surface area contributed by atoms with Crippen LogP contribution in [0.3, 0.4) is 0 Å². The number of halogens is 1. The van der Waals surface area contributed by atoms with Crippen LogP contribution in [-0.2, 0) is 6.54 Å². The van der Waals surface area contributed by atoms with E-state index < -0.39 is 0 Å². The summed E-state index contributed by atoms with van der Waals surface area (Å²) in [5, 5.41) is 3.45. The molecule has 1 atom stereocenters. The first kappa shape index (κ1) is 15.0. The molecule has 108 valence electrons. The summed E-state index contributed by atoms with van der Waals surface area (Å²) in [7, 11) is 0. The lowest BCUT2D eigenvalue weighted by molar-refractivity contribution is -0.694. The van der Waals surface area contributed by atoms with Crippen molar-refractivity contribution in [1.82, 2.24) is 9.55 Å². The van der Waals surface area contributed by atoms with Crippen LogP contribution in [0.4, 0.5) is 0 Å². The maximum Gasteiger partial charge on any atom is 0.261 e. The van der Waals surface area contributed by atoms with E-state index in [0.717, 1.165) is 18.8 Å². The second-order valence-electron chi connectivity index (χ2n) is 4.99. The quantitative estimate of drug-likeness (QED) is 0.918. The summed E-state index contributed by atoms with van der Waals surface area (Å²) in [6.45, 7) is 7.85. The maximum atomic E-state index is 12.5. The van der Waals surface area contributed by atoms with Gasteiger partial charge in [0.25, 0.3) is 5.56 Å². The first-order valence-corrected chi connectivity index (χ1v) is 7.49. The van der Waals surface area contributed by atoms with Gasteiger partial charge in [-0.2, -0.15) is 0 Å². The van der Waals surface area contributed by atoms with E-state index in [9.17, 15) is 4.79 Å². The highest BCUT2D eigenvalue weighted by Crippen LogP contribution is 2.16. The van der Waals surface area contributed by atoms with E-state index >= 15 is 0 Å². The van der Waals surface area contributed by atoms with Gasteiger partial charge in [-0.3, -0.25) is 9.36 Å². The zero-order valence-electron chi connectivity index (χ0n) is 12.2. The molecule has 0 saturated heterocycles. The Balaban J connectivity index is 2.60. The molecule has 0 spiro atoms. The molecule has 0 aliphatic heterocycles. The second-order valence-corrected chi connectivity index (χ2v) is 5.43. The Morgan fingerprint density at radius 2 is 2.15 bits per heavy atom. The molecular formula is C15H21ClN3O+. The van der Waals surface area contributed by atoms with E-state index in [0.29, 0.717) is 22.5 Å². The van der Waals surface area contributed by atoms with E-state index in [1.165, 1.54) is 0 Å². The lowest BCUT2D eigenvalue weighted by Gasteiger charge is -2.16. The lowest BCUT2D eigenvalue weighted by atomic mass is 10.2. The molecule has 0 radical (unpaired) electrons. The zero-order valence-corrected chi connectivity index (χ0v) is 12.9. The molecule has 20 heavy (non-hydrogen) atoms. The first-order chi connectivity index (χ1) is 9.58. The minimum atomic E-state index is 0.0147. The molecule has 2 N–H and O–H groups in total. The average Bonchev–Trinajstić information content (AvgIpc) is 2.44. The Bertz CT molecular complexity index is 666. The van der Waals surface area contributed by atoms with Crippen molar-refractivity contribution < 1.29 is 5.32 Å². The van der Waals surface area contributed by atoms with E-state index in [2.05, 4.69) is 24.1 Å². The Morgan fingerprint density at radius 1 is 1.40 bits per heavy atom. The molecule has 2 rings (SSSR count). The minimum Gasteiger partial charge on any atom is -0.338 e. The number of aromatic nitrogens is 2. The molecule has 2 aromatic rings. The molecular weight excluding hydrogens is 274 g/mol. The molecule has 0 saturated carbocycles. The molecule has 0 amide bonds. The van der Waals surface area contributed by atoms with Gasteiger partial charge in [0.2, 0.25) is 0 Å². The van der Waals surface area contributed by atoms with Gasteiger partial charge < -0.3 is 5.32 Å². The van der Waals surface area contributed by atoms with Gasteiger partial charge in [-0.15, -0.1) is 0 Å². The van der Waals surface area contributed by atoms with Crippen molar-refractivity contribution in [3.8, 4) is 0 Å². The third-order valence-electron chi connectivity index (χ3n) is 3.48. The summed E-state index contributed by atoms with van der Waals surface area (Å²) in [6.07, 6.45) is 1.10. The Morgan fingerprint density at radius 3 is 2.80 bits per heavy atom. The topological polar surface area (TPSA) is 51.5 Å². The van der Waals surface area contributed by atoms with Gasteiger partial charge >= 0.3 is 0 Å². The molecule has 1 aromatic carbocycles. The molecule has 1 heterocycles. The monoisotopic (exact) mass is 294 g/mol. The number of fused-ring (bicyclic) bond motifs is 1. The van der Waals surface area contributed by atoms with Gasteiger partial charge in [0.15, 0.2) is 5.82 Å². The van der Waals surface area contributed by atoms with Crippen LogP contribution >= 0.6 is 11.6 Å². The minimum absolute atomic E-state index is 0.0147. The third-order valence-corrected chi connectivity index (χ3v) is 3.71. The summed E-state index contributed by atoms with van der Waals surface area (Å²) < 4.78 is 1.76. The number of hydrogen-bond acceptors (Lipinski definition) is 2. The van der Waals surface area contributed by atoms with Crippen LogP contribution in [0.5, 0.6) is 0 Å². The van der Waals surface area contributed by atoms with Crippen molar-refractivity contribution in [3.05, 3.63) is 39.4 Å². The van der Waals surface area contributed by atoms with Crippen LogP contribution in [-0.4, -0.2) is 16.1 Å². The SMILES string of the molecule is CCC[NH2+][C@H](C)c1nc2cc(Cl)ccc2c(=O)n1CC.